The highest BCUT2D eigenvalue weighted by Crippen LogP contribution is 2.15. The molecule has 0 bridgehead atoms. The van der Waals surface area contributed by atoms with Crippen LogP contribution in [0.3, 0.4) is 0 Å². The van der Waals surface area contributed by atoms with Gasteiger partial charge in [-0.1, -0.05) is 19.9 Å². The fourth-order valence-electron chi connectivity index (χ4n) is 2.10. The standard InChI is InChI=1S/C16H21FN4/c1-10(2)16-20-14(18)9-15(21-16)19-7-6-12-4-5-13(17)8-11(12)3/h4-5,8-10H,6-7H2,1-3H3,(H3,18,19,20,21). The molecule has 1 aromatic heterocycles. The molecule has 0 aliphatic rings. The summed E-state index contributed by atoms with van der Waals surface area (Å²) in [4.78, 5) is 8.65. The second kappa shape index (κ2) is 6.52. The van der Waals surface area contributed by atoms with Crippen molar-refractivity contribution in [3.05, 3.63) is 47.0 Å². The van der Waals surface area contributed by atoms with Crippen LogP contribution in [-0.2, 0) is 6.42 Å². The number of anilines is 2. The summed E-state index contributed by atoms with van der Waals surface area (Å²) in [6.07, 6.45) is 0.799. The number of aromatic nitrogens is 2. The van der Waals surface area contributed by atoms with Crippen molar-refractivity contribution in [2.24, 2.45) is 0 Å². The van der Waals surface area contributed by atoms with E-state index in [1.807, 2.05) is 26.8 Å². The van der Waals surface area contributed by atoms with Gasteiger partial charge in [-0.25, -0.2) is 14.4 Å². The molecule has 0 radical (unpaired) electrons. The monoisotopic (exact) mass is 288 g/mol. The van der Waals surface area contributed by atoms with E-state index in [1.54, 1.807) is 12.1 Å². The third-order valence-electron chi connectivity index (χ3n) is 3.28. The number of nitrogens with two attached hydrogens (primary N) is 1. The molecule has 3 N–H and O–H groups in total. The van der Waals surface area contributed by atoms with Crippen LogP contribution in [-0.4, -0.2) is 16.5 Å². The number of rotatable bonds is 5. The lowest BCUT2D eigenvalue weighted by molar-refractivity contribution is 0.625. The van der Waals surface area contributed by atoms with Crippen molar-refractivity contribution >= 4 is 11.6 Å². The second-order valence-electron chi connectivity index (χ2n) is 5.44. The van der Waals surface area contributed by atoms with Gasteiger partial charge in [-0.3, -0.25) is 0 Å². The molecule has 0 unspecified atom stereocenters. The Hall–Kier alpha value is -2.17. The maximum absolute atomic E-state index is 13.1. The highest BCUT2D eigenvalue weighted by atomic mass is 19.1. The van der Waals surface area contributed by atoms with Crippen LogP contribution in [0.15, 0.2) is 24.3 Å². The first-order valence-electron chi connectivity index (χ1n) is 7.09. The van der Waals surface area contributed by atoms with Gasteiger partial charge in [-0.05, 0) is 36.6 Å². The molecule has 21 heavy (non-hydrogen) atoms. The number of hydrogen-bond donors (Lipinski definition) is 2. The summed E-state index contributed by atoms with van der Waals surface area (Å²) >= 11 is 0. The molecule has 5 heteroatoms. The first-order chi connectivity index (χ1) is 9.95. The van der Waals surface area contributed by atoms with Crippen molar-refractivity contribution < 1.29 is 4.39 Å². The zero-order chi connectivity index (χ0) is 15.4. The lowest BCUT2D eigenvalue weighted by Gasteiger charge is -2.11. The Morgan fingerprint density at radius 2 is 2.00 bits per heavy atom. The third-order valence-corrected chi connectivity index (χ3v) is 3.28. The molecule has 0 aliphatic carbocycles. The minimum atomic E-state index is -0.200. The van der Waals surface area contributed by atoms with Crippen molar-refractivity contribution in [1.82, 2.24) is 9.97 Å². The number of hydrogen-bond acceptors (Lipinski definition) is 4. The van der Waals surface area contributed by atoms with Gasteiger partial charge >= 0.3 is 0 Å². The van der Waals surface area contributed by atoms with Crippen LogP contribution in [0.2, 0.25) is 0 Å². The van der Waals surface area contributed by atoms with E-state index in [9.17, 15) is 4.39 Å². The molecule has 0 saturated heterocycles. The molecule has 112 valence electrons. The van der Waals surface area contributed by atoms with Crippen LogP contribution >= 0.6 is 0 Å². The van der Waals surface area contributed by atoms with Crippen molar-refractivity contribution in [3.63, 3.8) is 0 Å². The van der Waals surface area contributed by atoms with E-state index in [0.717, 1.165) is 29.2 Å². The van der Waals surface area contributed by atoms with Gasteiger partial charge in [-0.15, -0.1) is 0 Å². The smallest absolute Gasteiger partial charge is 0.135 e. The maximum Gasteiger partial charge on any atom is 0.135 e. The molecular weight excluding hydrogens is 267 g/mol. The van der Waals surface area contributed by atoms with Gasteiger partial charge in [0.25, 0.3) is 0 Å². The average Bonchev–Trinajstić information content (AvgIpc) is 2.40. The molecule has 0 spiro atoms. The van der Waals surface area contributed by atoms with Crippen LogP contribution in [0.1, 0.15) is 36.7 Å². The van der Waals surface area contributed by atoms with E-state index in [0.29, 0.717) is 12.4 Å². The van der Waals surface area contributed by atoms with Gasteiger partial charge in [0.2, 0.25) is 0 Å². The van der Waals surface area contributed by atoms with Crippen LogP contribution in [0.5, 0.6) is 0 Å². The van der Waals surface area contributed by atoms with Gasteiger partial charge in [-0.2, -0.15) is 0 Å². The maximum atomic E-state index is 13.1. The highest BCUT2D eigenvalue weighted by molar-refractivity contribution is 5.45. The van der Waals surface area contributed by atoms with Gasteiger partial charge in [0.05, 0.1) is 0 Å². The first-order valence-corrected chi connectivity index (χ1v) is 7.09. The number of aryl methyl sites for hydroxylation is 1. The van der Waals surface area contributed by atoms with Crippen molar-refractivity contribution in [2.45, 2.75) is 33.1 Å². The van der Waals surface area contributed by atoms with Crippen molar-refractivity contribution in [2.75, 3.05) is 17.6 Å². The Morgan fingerprint density at radius 1 is 1.24 bits per heavy atom. The molecule has 2 rings (SSSR count). The normalized spacial score (nSPS) is 10.9. The number of benzene rings is 1. The highest BCUT2D eigenvalue weighted by Gasteiger charge is 2.06. The largest absolute Gasteiger partial charge is 0.384 e. The van der Waals surface area contributed by atoms with E-state index in [2.05, 4.69) is 15.3 Å². The van der Waals surface area contributed by atoms with E-state index < -0.39 is 0 Å². The molecule has 0 amide bonds. The minimum absolute atomic E-state index is 0.200. The minimum Gasteiger partial charge on any atom is -0.384 e. The molecule has 1 heterocycles. The molecule has 0 atom stereocenters. The molecule has 1 aromatic carbocycles. The van der Waals surface area contributed by atoms with Crippen LogP contribution in [0.4, 0.5) is 16.0 Å². The lowest BCUT2D eigenvalue weighted by Crippen LogP contribution is -2.10. The first kappa shape index (κ1) is 15.2. The number of nitrogen functional groups attached to an aromatic ring is 1. The van der Waals surface area contributed by atoms with Crippen LogP contribution in [0, 0.1) is 12.7 Å². The van der Waals surface area contributed by atoms with Gasteiger partial charge in [0, 0.05) is 18.5 Å². The fourth-order valence-corrected chi connectivity index (χ4v) is 2.10. The molecule has 0 aliphatic heterocycles. The van der Waals surface area contributed by atoms with Crippen molar-refractivity contribution in [3.8, 4) is 0 Å². The lowest BCUT2D eigenvalue weighted by atomic mass is 10.1. The average molecular weight is 288 g/mol. The Labute approximate surface area is 124 Å². The number of halogens is 1. The molecule has 4 nitrogen and oxygen atoms in total. The summed E-state index contributed by atoms with van der Waals surface area (Å²) in [5.74, 6) is 1.96. The van der Waals surface area contributed by atoms with E-state index in [-0.39, 0.29) is 11.7 Å². The topological polar surface area (TPSA) is 63.8 Å². The quantitative estimate of drug-likeness (QED) is 0.886. The molecule has 0 saturated carbocycles. The summed E-state index contributed by atoms with van der Waals surface area (Å²) < 4.78 is 13.1. The third kappa shape index (κ3) is 4.15. The van der Waals surface area contributed by atoms with Gasteiger partial charge in [0.15, 0.2) is 0 Å². The van der Waals surface area contributed by atoms with E-state index in [4.69, 9.17) is 5.73 Å². The Morgan fingerprint density at radius 3 is 2.67 bits per heavy atom. The zero-order valence-electron chi connectivity index (χ0n) is 12.7. The summed E-state index contributed by atoms with van der Waals surface area (Å²) in [7, 11) is 0. The molecule has 0 fully saturated rings. The summed E-state index contributed by atoms with van der Waals surface area (Å²) in [6, 6.07) is 6.58. The van der Waals surface area contributed by atoms with E-state index in [1.165, 1.54) is 6.07 Å². The summed E-state index contributed by atoms with van der Waals surface area (Å²) in [5, 5.41) is 3.25. The SMILES string of the molecule is Cc1cc(F)ccc1CCNc1cc(N)nc(C(C)C)n1. The van der Waals surface area contributed by atoms with Gasteiger partial charge < -0.3 is 11.1 Å². The molecular formula is C16H21FN4. The summed E-state index contributed by atoms with van der Waals surface area (Å²) in [5.41, 5.74) is 7.87. The van der Waals surface area contributed by atoms with Crippen LogP contribution in [0.25, 0.3) is 0 Å². The Kier molecular flexibility index (Phi) is 4.73. The van der Waals surface area contributed by atoms with Crippen LogP contribution < -0.4 is 11.1 Å². The number of nitrogens with zero attached hydrogens (tertiary/aromatic N) is 2. The second-order valence-corrected chi connectivity index (χ2v) is 5.44. The Balaban J connectivity index is 2.00. The van der Waals surface area contributed by atoms with E-state index >= 15 is 0 Å². The fraction of sp³-hybridized carbons (Fsp3) is 0.375. The Bertz CT molecular complexity index is 626. The van der Waals surface area contributed by atoms with Gasteiger partial charge in [0.1, 0.15) is 23.3 Å². The number of nitrogens with one attached hydrogen (secondary N) is 1. The van der Waals surface area contributed by atoms with Crippen molar-refractivity contribution in [1.29, 1.82) is 0 Å². The predicted molar refractivity (Wildman–Crippen MR) is 83.9 cm³/mol. The molecule has 2 aromatic rings. The zero-order valence-corrected chi connectivity index (χ0v) is 12.7. The summed E-state index contributed by atoms with van der Waals surface area (Å²) in [6.45, 7) is 6.68. The predicted octanol–water partition coefficient (Wildman–Crippen LogP) is 3.28.